The molecule has 0 saturated carbocycles. The lowest BCUT2D eigenvalue weighted by molar-refractivity contribution is 0.271. The predicted octanol–water partition coefficient (Wildman–Crippen LogP) is 2.20. The van der Waals surface area contributed by atoms with E-state index in [1.807, 2.05) is 30.3 Å². The first kappa shape index (κ1) is 14.5. The number of sulfonamides is 1. The molecule has 0 aliphatic carbocycles. The Hall–Kier alpha value is -1.43. The van der Waals surface area contributed by atoms with Crippen molar-refractivity contribution in [3.8, 4) is 0 Å². The molecule has 4 nitrogen and oxygen atoms in total. The number of nitrogens with zero attached hydrogens (tertiary/aromatic N) is 1. The van der Waals surface area contributed by atoms with E-state index in [9.17, 15) is 8.42 Å². The average molecular weight is 304 g/mol. The Balaban J connectivity index is 2.04. The van der Waals surface area contributed by atoms with Crippen molar-refractivity contribution < 1.29 is 8.42 Å². The zero-order valence-electron chi connectivity index (χ0n) is 11.9. The molecule has 1 heterocycles. The van der Waals surface area contributed by atoms with Crippen LogP contribution in [0.2, 0.25) is 0 Å². The van der Waals surface area contributed by atoms with Crippen molar-refractivity contribution >= 4 is 20.8 Å². The number of hydrogen-bond donors (Lipinski definition) is 1. The predicted molar refractivity (Wildman–Crippen MR) is 84.5 cm³/mol. The molecular formula is C16H20N2O2S. The molecule has 1 aliphatic rings. The maximum absolute atomic E-state index is 12.9. The summed E-state index contributed by atoms with van der Waals surface area (Å²) < 4.78 is 27.5. The molecular weight excluding hydrogens is 284 g/mol. The SMILES string of the molecule is NCC1CCCN(S(=O)(=O)c2cccc3ccccc23)C1. The van der Waals surface area contributed by atoms with E-state index in [1.54, 1.807) is 16.4 Å². The number of rotatable bonds is 3. The molecule has 0 radical (unpaired) electrons. The van der Waals surface area contributed by atoms with Crippen LogP contribution in [-0.4, -0.2) is 32.4 Å². The van der Waals surface area contributed by atoms with Gasteiger partial charge in [0.1, 0.15) is 0 Å². The molecule has 21 heavy (non-hydrogen) atoms. The van der Waals surface area contributed by atoms with Crippen LogP contribution >= 0.6 is 0 Å². The second-order valence-electron chi connectivity index (χ2n) is 5.58. The summed E-state index contributed by atoms with van der Waals surface area (Å²) >= 11 is 0. The molecule has 0 aromatic heterocycles. The summed E-state index contributed by atoms with van der Waals surface area (Å²) in [5.74, 6) is 0.267. The molecule has 2 aromatic carbocycles. The van der Waals surface area contributed by atoms with Crippen LogP contribution < -0.4 is 5.73 Å². The van der Waals surface area contributed by atoms with Gasteiger partial charge in [-0.3, -0.25) is 0 Å². The summed E-state index contributed by atoms with van der Waals surface area (Å²) in [5.41, 5.74) is 5.72. The van der Waals surface area contributed by atoms with Crippen molar-refractivity contribution in [3.63, 3.8) is 0 Å². The first-order chi connectivity index (χ1) is 10.1. The van der Waals surface area contributed by atoms with Gasteiger partial charge >= 0.3 is 0 Å². The topological polar surface area (TPSA) is 63.4 Å². The number of piperidine rings is 1. The standard InChI is InChI=1S/C16H20N2O2S/c17-11-13-5-4-10-18(12-13)21(19,20)16-9-3-7-14-6-1-2-8-15(14)16/h1-3,6-9,13H,4-5,10-12,17H2. The van der Waals surface area contributed by atoms with Crippen molar-refractivity contribution in [2.24, 2.45) is 11.7 Å². The monoisotopic (exact) mass is 304 g/mol. The highest BCUT2D eigenvalue weighted by atomic mass is 32.2. The van der Waals surface area contributed by atoms with E-state index in [0.29, 0.717) is 24.5 Å². The van der Waals surface area contributed by atoms with Crippen molar-refractivity contribution in [2.75, 3.05) is 19.6 Å². The molecule has 1 atom stereocenters. The molecule has 3 rings (SSSR count). The lowest BCUT2D eigenvalue weighted by Crippen LogP contribution is -2.42. The fourth-order valence-electron chi connectivity index (χ4n) is 3.00. The van der Waals surface area contributed by atoms with Gasteiger partial charge in [0, 0.05) is 18.5 Å². The molecule has 2 N–H and O–H groups in total. The fourth-order valence-corrected chi connectivity index (χ4v) is 4.77. The quantitative estimate of drug-likeness (QED) is 0.945. The third kappa shape index (κ3) is 2.69. The van der Waals surface area contributed by atoms with E-state index in [2.05, 4.69) is 0 Å². The van der Waals surface area contributed by atoms with Gasteiger partial charge in [-0.15, -0.1) is 0 Å². The molecule has 0 bridgehead atoms. The number of nitrogens with two attached hydrogens (primary N) is 1. The van der Waals surface area contributed by atoms with E-state index in [4.69, 9.17) is 5.73 Å². The van der Waals surface area contributed by atoms with Gasteiger partial charge in [0.15, 0.2) is 0 Å². The highest BCUT2D eigenvalue weighted by Crippen LogP contribution is 2.28. The Bertz CT molecular complexity index is 738. The van der Waals surface area contributed by atoms with E-state index in [-0.39, 0.29) is 5.92 Å². The highest BCUT2D eigenvalue weighted by Gasteiger charge is 2.30. The molecule has 1 unspecified atom stereocenters. The van der Waals surface area contributed by atoms with Gasteiger partial charge in [-0.25, -0.2) is 8.42 Å². The lowest BCUT2D eigenvalue weighted by atomic mass is 10.0. The summed E-state index contributed by atoms with van der Waals surface area (Å²) in [6, 6.07) is 13.0. The molecule has 0 spiro atoms. The second-order valence-corrected chi connectivity index (χ2v) is 7.49. The van der Waals surface area contributed by atoms with Gasteiger partial charge in [0.2, 0.25) is 10.0 Å². The first-order valence-corrected chi connectivity index (χ1v) is 8.75. The van der Waals surface area contributed by atoms with Crippen LogP contribution in [0, 0.1) is 5.92 Å². The van der Waals surface area contributed by atoms with Crippen LogP contribution in [0.25, 0.3) is 10.8 Å². The van der Waals surface area contributed by atoms with Crippen LogP contribution in [0.5, 0.6) is 0 Å². The van der Waals surface area contributed by atoms with Crippen LogP contribution in [-0.2, 0) is 10.0 Å². The summed E-state index contributed by atoms with van der Waals surface area (Å²) in [6.45, 7) is 1.66. The van der Waals surface area contributed by atoms with Gasteiger partial charge in [0.25, 0.3) is 0 Å². The van der Waals surface area contributed by atoms with Crippen LogP contribution in [0.3, 0.4) is 0 Å². The molecule has 5 heteroatoms. The largest absolute Gasteiger partial charge is 0.330 e. The van der Waals surface area contributed by atoms with Gasteiger partial charge in [-0.2, -0.15) is 4.31 Å². The van der Waals surface area contributed by atoms with E-state index >= 15 is 0 Å². The van der Waals surface area contributed by atoms with Crippen LogP contribution in [0.15, 0.2) is 47.4 Å². The van der Waals surface area contributed by atoms with Crippen molar-refractivity contribution in [3.05, 3.63) is 42.5 Å². The third-order valence-corrected chi connectivity index (χ3v) is 6.11. The Morgan fingerprint density at radius 1 is 1.14 bits per heavy atom. The Labute approximate surface area is 125 Å². The summed E-state index contributed by atoms with van der Waals surface area (Å²) in [5, 5.41) is 1.74. The van der Waals surface area contributed by atoms with E-state index < -0.39 is 10.0 Å². The van der Waals surface area contributed by atoms with E-state index in [0.717, 1.165) is 23.6 Å². The zero-order valence-corrected chi connectivity index (χ0v) is 12.7. The Morgan fingerprint density at radius 3 is 2.71 bits per heavy atom. The normalized spacial score (nSPS) is 20.7. The van der Waals surface area contributed by atoms with Crippen molar-refractivity contribution in [1.82, 2.24) is 4.31 Å². The maximum Gasteiger partial charge on any atom is 0.243 e. The lowest BCUT2D eigenvalue weighted by Gasteiger charge is -2.31. The molecule has 0 amide bonds. The first-order valence-electron chi connectivity index (χ1n) is 7.31. The zero-order chi connectivity index (χ0) is 14.9. The Morgan fingerprint density at radius 2 is 1.90 bits per heavy atom. The van der Waals surface area contributed by atoms with Gasteiger partial charge in [0.05, 0.1) is 4.90 Å². The van der Waals surface area contributed by atoms with E-state index in [1.165, 1.54) is 0 Å². The Kier molecular flexibility index (Phi) is 3.97. The smallest absolute Gasteiger partial charge is 0.243 e. The van der Waals surface area contributed by atoms with Crippen molar-refractivity contribution in [1.29, 1.82) is 0 Å². The van der Waals surface area contributed by atoms with Crippen LogP contribution in [0.4, 0.5) is 0 Å². The molecule has 1 fully saturated rings. The summed E-state index contributed by atoms with van der Waals surface area (Å²) in [6.07, 6.45) is 1.89. The minimum atomic E-state index is -3.45. The molecule has 1 aliphatic heterocycles. The minimum Gasteiger partial charge on any atom is -0.330 e. The summed E-state index contributed by atoms with van der Waals surface area (Å²) in [4.78, 5) is 0.401. The number of hydrogen-bond acceptors (Lipinski definition) is 3. The minimum absolute atomic E-state index is 0.267. The van der Waals surface area contributed by atoms with Crippen molar-refractivity contribution in [2.45, 2.75) is 17.7 Å². The third-order valence-electron chi connectivity index (χ3n) is 4.18. The molecule has 112 valence electrons. The fraction of sp³-hybridized carbons (Fsp3) is 0.375. The second kappa shape index (κ2) is 5.75. The van der Waals surface area contributed by atoms with Gasteiger partial charge in [-0.1, -0.05) is 36.4 Å². The van der Waals surface area contributed by atoms with Crippen LogP contribution in [0.1, 0.15) is 12.8 Å². The highest BCUT2D eigenvalue weighted by molar-refractivity contribution is 7.89. The van der Waals surface area contributed by atoms with Gasteiger partial charge < -0.3 is 5.73 Å². The number of benzene rings is 2. The van der Waals surface area contributed by atoms with Gasteiger partial charge in [-0.05, 0) is 36.8 Å². The summed E-state index contributed by atoms with van der Waals surface area (Å²) in [7, 11) is -3.45. The number of fused-ring (bicyclic) bond motifs is 1. The molecule has 2 aromatic rings. The average Bonchev–Trinajstić information content (AvgIpc) is 2.54. The molecule has 1 saturated heterocycles. The maximum atomic E-state index is 12.9.